The number of aliphatic hydroxyl groups excluding tert-OH is 3. The average Bonchev–Trinajstić information content (AvgIpc) is 3.01. The van der Waals surface area contributed by atoms with E-state index < -0.39 is 24.2 Å². The lowest BCUT2D eigenvalue weighted by atomic mass is 10.0. The van der Waals surface area contributed by atoms with E-state index in [9.17, 15) is 20.1 Å². The molecular formula is C38H77NO4. The lowest BCUT2D eigenvalue weighted by Crippen LogP contribution is -2.49. The normalized spacial score (nSPS) is 13.7. The molecule has 1 amide bonds. The van der Waals surface area contributed by atoms with Crippen LogP contribution in [0.3, 0.4) is 0 Å². The summed E-state index contributed by atoms with van der Waals surface area (Å²) < 4.78 is 0. The van der Waals surface area contributed by atoms with Crippen molar-refractivity contribution in [3.8, 4) is 0 Å². The predicted molar refractivity (Wildman–Crippen MR) is 186 cm³/mol. The van der Waals surface area contributed by atoms with Crippen molar-refractivity contribution in [2.24, 2.45) is 0 Å². The van der Waals surface area contributed by atoms with Gasteiger partial charge in [-0.25, -0.2) is 0 Å². The van der Waals surface area contributed by atoms with Gasteiger partial charge in [-0.2, -0.15) is 0 Å². The van der Waals surface area contributed by atoms with Gasteiger partial charge in [0.2, 0.25) is 5.91 Å². The third kappa shape index (κ3) is 29.8. The van der Waals surface area contributed by atoms with Gasteiger partial charge in [0.25, 0.3) is 0 Å². The van der Waals surface area contributed by atoms with Gasteiger partial charge in [0.1, 0.15) is 6.10 Å². The van der Waals surface area contributed by atoms with Crippen LogP contribution in [-0.4, -0.2) is 46.1 Å². The molecule has 0 radical (unpaired) electrons. The van der Waals surface area contributed by atoms with Gasteiger partial charge in [-0.15, -0.1) is 0 Å². The molecule has 0 aliphatic rings. The second-order valence-corrected chi connectivity index (χ2v) is 13.5. The first-order chi connectivity index (χ1) is 21.1. The number of hydrogen-bond donors (Lipinski definition) is 4. The number of nitrogens with one attached hydrogen (secondary N) is 1. The Morgan fingerprint density at radius 1 is 0.465 bits per heavy atom. The standard InChI is InChI=1S/C38H77NO4/c1-3-5-7-9-11-13-15-17-19-21-23-25-27-29-31-33-37(42)38(43)39-35(34-40)36(41)32-30-28-26-24-22-20-18-16-14-12-10-8-6-4-2/h35-37,40-42H,3-34H2,1-2H3,(H,39,43). The lowest BCUT2D eigenvalue weighted by molar-refractivity contribution is -0.131. The van der Waals surface area contributed by atoms with E-state index in [1.807, 2.05) is 0 Å². The van der Waals surface area contributed by atoms with Gasteiger partial charge in [-0.3, -0.25) is 4.79 Å². The third-order valence-corrected chi connectivity index (χ3v) is 9.23. The Hall–Kier alpha value is -0.650. The summed E-state index contributed by atoms with van der Waals surface area (Å²) in [5, 5.41) is 33.2. The maximum Gasteiger partial charge on any atom is 0.249 e. The predicted octanol–water partition coefficient (Wildman–Crippen LogP) is 10.3. The largest absolute Gasteiger partial charge is 0.394 e. The van der Waals surface area contributed by atoms with Crippen molar-refractivity contribution in [1.82, 2.24) is 5.32 Å². The highest BCUT2D eigenvalue weighted by atomic mass is 16.3. The number of rotatable bonds is 35. The molecule has 0 aromatic rings. The van der Waals surface area contributed by atoms with E-state index in [2.05, 4.69) is 19.2 Å². The molecule has 43 heavy (non-hydrogen) atoms. The average molecular weight is 612 g/mol. The van der Waals surface area contributed by atoms with Gasteiger partial charge in [-0.1, -0.05) is 200 Å². The first-order valence-electron chi connectivity index (χ1n) is 19.3. The molecule has 0 aliphatic carbocycles. The van der Waals surface area contributed by atoms with Gasteiger partial charge >= 0.3 is 0 Å². The van der Waals surface area contributed by atoms with Crippen LogP contribution in [0.15, 0.2) is 0 Å². The minimum atomic E-state index is -1.07. The van der Waals surface area contributed by atoms with Gasteiger partial charge in [0, 0.05) is 0 Å². The summed E-state index contributed by atoms with van der Waals surface area (Å²) in [5.74, 6) is -0.468. The highest BCUT2D eigenvalue weighted by Crippen LogP contribution is 2.16. The molecule has 0 saturated heterocycles. The first kappa shape index (κ1) is 42.3. The van der Waals surface area contributed by atoms with Gasteiger partial charge in [0.15, 0.2) is 0 Å². The van der Waals surface area contributed by atoms with E-state index >= 15 is 0 Å². The summed E-state index contributed by atoms with van der Waals surface area (Å²) in [6, 6.07) is -0.704. The van der Waals surface area contributed by atoms with Crippen molar-refractivity contribution in [3.05, 3.63) is 0 Å². The van der Waals surface area contributed by atoms with E-state index in [1.165, 1.54) is 154 Å². The van der Waals surface area contributed by atoms with E-state index in [1.54, 1.807) is 0 Å². The molecule has 3 atom stereocenters. The molecule has 0 aromatic carbocycles. The Morgan fingerprint density at radius 2 is 0.744 bits per heavy atom. The Morgan fingerprint density at radius 3 is 1.05 bits per heavy atom. The first-order valence-corrected chi connectivity index (χ1v) is 19.3. The highest BCUT2D eigenvalue weighted by Gasteiger charge is 2.23. The molecule has 0 spiro atoms. The molecule has 0 rings (SSSR count). The molecule has 0 aromatic heterocycles. The minimum absolute atomic E-state index is 0.308. The zero-order chi connectivity index (χ0) is 31.6. The Bertz CT molecular complexity index is 558. The highest BCUT2D eigenvalue weighted by molar-refractivity contribution is 5.80. The smallest absolute Gasteiger partial charge is 0.249 e. The number of amides is 1. The molecule has 0 bridgehead atoms. The fraction of sp³-hybridized carbons (Fsp3) is 0.974. The van der Waals surface area contributed by atoms with E-state index in [4.69, 9.17) is 0 Å². The molecule has 0 fully saturated rings. The summed E-state index contributed by atoms with van der Waals surface area (Å²) in [7, 11) is 0. The summed E-state index contributed by atoms with van der Waals surface area (Å²) in [6.07, 6.45) is 36.5. The number of carbonyl (C=O) groups excluding carboxylic acids is 1. The van der Waals surface area contributed by atoms with E-state index in [0.29, 0.717) is 12.8 Å². The van der Waals surface area contributed by atoms with Crippen LogP contribution in [0.25, 0.3) is 0 Å². The van der Waals surface area contributed by atoms with Crippen LogP contribution in [0.5, 0.6) is 0 Å². The molecule has 0 aliphatic heterocycles. The van der Waals surface area contributed by atoms with Gasteiger partial charge in [0.05, 0.1) is 18.8 Å². The fourth-order valence-corrected chi connectivity index (χ4v) is 6.13. The summed E-state index contributed by atoms with van der Waals surface area (Å²) in [4.78, 5) is 12.4. The van der Waals surface area contributed by atoms with Crippen molar-refractivity contribution in [3.63, 3.8) is 0 Å². The number of hydrogen-bond acceptors (Lipinski definition) is 4. The van der Waals surface area contributed by atoms with Gasteiger partial charge in [-0.05, 0) is 12.8 Å². The Kier molecular flexibility index (Phi) is 33.7. The molecule has 4 N–H and O–H groups in total. The van der Waals surface area contributed by atoms with Crippen LogP contribution in [0.1, 0.15) is 213 Å². The Balaban J connectivity index is 3.64. The van der Waals surface area contributed by atoms with Gasteiger partial charge < -0.3 is 20.6 Å². The van der Waals surface area contributed by atoms with Crippen molar-refractivity contribution in [2.45, 2.75) is 231 Å². The van der Waals surface area contributed by atoms with Crippen molar-refractivity contribution in [2.75, 3.05) is 6.61 Å². The second-order valence-electron chi connectivity index (χ2n) is 13.5. The zero-order valence-electron chi connectivity index (χ0n) is 29.1. The zero-order valence-corrected chi connectivity index (χ0v) is 29.1. The molecular weight excluding hydrogens is 534 g/mol. The molecule has 0 heterocycles. The van der Waals surface area contributed by atoms with Crippen LogP contribution < -0.4 is 5.32 Å². The summed E-state index contributed by atoms with van der Waals surface area (Å²) >= 11 is 0. The summed E-state index contributed by atoms with van der Waals surface area (Å²) in [5.41, 5.74) is 0. The molecule has 5 heteroatoms. The molecule has 0 saturated carbocycles. The lowest BCUT2D eigenvalue weighted by Gasteiger charge is -2.23. The van der Waals surface area contributed by atoms with Crippen LogP contribution in [0.2, 0.25) is 0 Å². The van der Waals surface area contributed by atoms with E-state index in [0.717, 1.165) is 32.1 Å². The maximum absolute atomic E-state index is 12.4. The summed E-state index contributed by atoms with van der Waals surface area (Å²) in [6.45, 7) is 4.23. The van der Waals surface area contributed by atoms with Crippen molar-refractivity contribution in [1.29, 1.82) is 0 Å². The SMILES string of the molecule is CCCCCCCCCCCCCCCCCC(O)C(=O)NC(CO)C(O)CCCCCCCCCCCCCCCC. The van der Waals surface area contributed by atoms with Crippen LogP contribution >= 0.6 is 0 Å². The second kappa shape index (κ2) is 34.2. The maximum atomic E-state index is 12.4. The topological polar surface area (TPSA) is 89.8 Å². The monoisotopic (exact) mass is 612 g/mol. The van der Waals surface area contributed by atoms with Crippen molar-refractivity contribution < 1.29 is 20.1 Å². The quantitative estimate of drug-likeness (QED) is 0.0537. The van der Waals surface area contributed by atoms with E-state index in [-0.39, 0.29) is 6.61 Å². The fourth-order valence-electron chi connectivity index (χ4n) is 6.13. The minimum Gasteiger partial charge on any atom is -0.394 e. The number of aliphatic hydroxyl groups is 3. The molecule has 3 unspecified atom stereocenters. The third-order valence-electron chi connectivity index (χ3n) is 9.23. The van der Waals surface area contributed by atoms with Crippen LogP contribution in [0.4, 0.5) is 0 Å². The molecule has 258 valence electrons. The number of carbonyl (C=O) groups is 1. The van der Waals surface area contributed by atoms with Crippen LogP contribution in [-0.2, 0) is 4.79 Å². The van der Waals surface area contributed by atoms with Crippen LogP contribution in [0, 0.1) is 0 Å². The number of unbranched alkanes of at least 4 members (excludes halogenated alkanes) is 27. The molecule has 5 nitrogen and oxygen atoms in total. The Labute approximate surface area is 268 Å². The van der Waals surface area contributed by atoms with Crippen molar-refractivity contribution >= 4 is 5.91 Å².